The largest absolute Gasteiger partial charge is 0.368 e. The van der Waals surface area contributed by atoms with Crippen LogP contribution in [0.15, 0.2) is 28.7 Å². The summed E-state index contributed by atoms with van der Waals surface area (Å²) >= 11 is 3.32. The van der Waals surface area contributed by atoms with Crippen molar-refractivity contribution in [3.63, 3.8) is 0 Å². The van der Waals surface area contributed by atoms with Crippen LogP contribution in [0.1, 0.15) is 25.7 Å². The molecule has 0 aliphatic heterocycles. The zero-order valence-corrected chi connectivity index (χ0v) is 13.3. The topological polar surface area (TPSA) is 67.4 Å². The van der Waals surface area contributed by atoms with Gasteiger partial charge < -0.3 is 15.4 Å². The Morgan fingerprint density at radius 1 is 1.14 bits per heavy atom. The van der Waals surface area contributed by atoms with Gasteiger partial charge in [0, 0.05) is 10.2 Å². The quantitative estimate of drug-likeness (QED) is 0.824. The summed E-state index contributed by atoms with van der Waals surface area (Å²) in [5.41, 5.74) is 0.694. The molecule has 0 radical (unpaired) electrons. The van der Waals surface area contributed by atoms with Crippen LogP contribution in [-0.4, -0.2) is 31.1 Å². The molecule has 2 rings (SSSR count). The Labute approximate surface area is 132 Å². The predicted octanol–water partition coefficient (Wildman–Crippen LogP) is 2.46. The molecule has 0 heterocycles. The van der Waals surface area contributed by atoms with Crippen LogP contribution in [0.3, 0.4) is 0 Å². The van der Waals surface area contributed by atoms with Crippen LogP contribution in [0.25, 0.3) is 0 Å². The number of benzene rings is 1. The highest BCUT2D eigenvalue weighted by Gasteiger charge is 2.16. The number of rotatable bonds is 6. The van der Waals surface area contributed by atoms with Crippen molar-refractivity contribution in [2.24, 2.45) is 0 Å². The van der Waals surface area contributed by atoms with E-state index in [4.69, 9.17) is 4.74 Å². The Hall–Kier alpha value is -1.40. The SMILES string of the molecule is O=C(COC1CCCC1)NCC(=O)Nc1ccc(Br)cc1. The minimum Gasteiger partial charge on any atom is -0.368 e. The smallest absolute Gasteiger partial charge is 0.246 e. The maximum Gasteiger partial charge on any atom is 0.246 e. The summed E-state index contributed by atoms with van der Waals surface area (Å²) in [6.45, 7) is -0.0286. The zero-order valence-electron chi connectivity index (χ0n) is 11.7. The van der Waals surface area contributed by atoms with Gasteiger partial charge in [0.05, 0.1) is 12.6 Å². The van der Waals surface area contributed by atoms with Crippen LogP contribution in [0, 0.1) is 0 Å². The number of ether oxygens (including phenoxy) is 1. The van der Waals surface area contributed by atoms with Crippen LogP contribution >= 0.6 is 15.9 Å². The molecule has 6 heteroatoms. The van der Waals surface area contributed by atoms with Crippen molar-refractivity contribution < 1.29 is 14.3 Å². The molecular weight excluding hydrogens is 336 g/mol. The average molecular weight is 355 g/mol. The summed E-state index contributed by atoms with van der Waals surface area (Å²) in [7, 11) is 0. The first-order valence-corrected chi connectivity index (χ1v) is 7.86. The number of amides is 2. The van der Waals surface area contributed by atoms with Crippen molar-refractivity contribution in [2.45, 2.75) is 31.8 Å². The predicted molar refractivity (Wildman–Crippen MR) is 84.0 cm³/mol. The molecule has 1 aliphatic rings. The Bertz CT molecular complexity index is 484. The van der Waals surface area contributed by atoms with Crippen molar-refractivity contribution in [1.82, 2.24) is 5.32 Å². The maximum absolute atomic E-state index is 11.7. The van der Waals surface area contributed by atoms with Gasteiger partial charge in [-0.15, -0.1) is 0 Å². The molecule has 0 unspecified atom stereocenters. The van der Waals surface area contributed by atoms with Crippen molar-refractivity contribution in [3.8, 4) is 0 Å². The van der Waals surface area contributed by atoms with Gasteiger partial charge in [-0.1, -0.05) is 28.8 Å². The lowest BCUT2D eigenvalue weighted by atomic mass is 10.3. The van der Waals surface area contributed by atoms with E-state index in [-0.39, 0.29) is 31.1 Å². The molecule has 0 saturated heterocycles. The second-order valence-electron chi connectivity index (χ2n) is 5.05. The number of hydrogen-bond acceptors (Lipinski definition) is 3. The summed E-state index contributed by atoms with van der Waals surface area (Å²) in [5, 5.41) is 5.26. The molecule has 2 amide bonds. The summed E-state index contributed by atoms with van der Waals surface area (Å²) in [4.78, 5) is 23.3. The number of anilines is 1. The second kappa shape index (κ2) is 8.14. The number of carbonyl (C=O) groups is 2. The fraction of sp³-hybridized carbons (Fsp3) is 0.467. The van der Waals surface area contributed by atoms with Gasteiger partial charge in [-0.25, -0.2) is 0 Å². The average Bonchev–Trinajstić information content (AvgIpc) is 2.99. The second-order valence-corrected chi connectivity index (χ2v) is 5.96. The van der Waals surface area contributed by atoms with E-state index >= 15 is 0 Å². The van der Waals surface area contributed by atoms with Gasteiger partial charge in [0.25, 0.3) is 0 Å². The van der Waals surface area contributed by atoms with Gasteiger partial charge in [0.15, 0.2) is 0 Å². The van der Waals surface area contributed by atoms with E-state index < -0.39 is 0 Å². The Morgan fingerprint density at radius 2 is 1.81 bits per heavy atom. The minimum absolute atomic E-state index is 0.0240. The summed E-state index contributed by atoms with van der Waals surface area (Å²) in [6.07, 6.45) is 4.59. The third-order valence-corrected chi connectivity index (χ3v) is 3.86. The third-order valence-electron chi connectivity index (χ3n) is 3.33. The van der Waals surface area contributed by atoms with Crippen LogP contribution in [0.2, 0.25) is 0 Å². The Morgan fingerprint density at radius 3 is 2.48 bits per heavy atom. The summed E-state index contributed by atoms with van der Waals surface area (Å²) in [5.74, 6) is -0.514. The maximum atomic E-state index is 11.7. The van der Waals surface area contributed by atoms with Crippen molar-refractivity contribution in [3.05, 3.63) is 28.7 Å². The Kier molecular flexibility index (Phi) is 6.20. The van der Waals surface area contributed by atoms with Crippen molar-refractivity contribution in [2.75, 3.05) is 18.5 Å². The molecule has 1 aromatic carbocycles. The molecule has 1 fully saturated rings. The molecular formula is C15H19BrN2O3. The first kappa shape index (κ1) is 16.0. The molecule has 114 valence electrons. The highest BCUT2D eigenvalue weighted by atomic mass is 79.9. The van der Waals surface area contributed by atoms with E-state index in [9.17, 15) is 9.59 Å². The van der Waals surface area contributed by atoms with E-state index in [2.05, 4.69) is 26.6 Å². The molecule has 1 saturated carbocycles. The van der Waals surface area contributed by atoms with Crippen LogP contribution < -0.4 is 10.6 Å². The molecule has 0 spiro atoms. The van der Waals surface area contributed by atoms with Crippen molar-refractivity contribution in [1.29, 1.82) is 0 Å². The number of nitrogens with one attached hydrogen (secondary N) is 2. The van der Waals surface area contributed by atoms with E-state index in [0.29, 0.717) is 5.69 Å². The van der Waals surface area contributed by atoms with Crippen LogP contribution in [0.5, 0.6) is 0 Å². The highest BCUT2D eigenvalue weighted by Crippen LogP contribution is 2.20. The van der Waals surface area contributed by atoms with Crippen LogP contribution in [-0.2, 0) is 14.3 Å². The van der Waals surface area contributed by atoms with E-state index in [0.717, 1.165) is 17.3 Å². The van der Waals surface area contributed by atoms with Gasteiger partial charge in [-0.3, -0.25) is 9.59 Å². The molecule has 2 N–H and O–H groups in total. The molecule has 5 nitrogen and oxygen atoms in total. The Balaban J connectivity index is 1.63. The lowest BCUT2D eigenvalue weighted by Gasteiger charge is -2.11. The van der Waals surface area contributed by atoms with Crippen molar-refractivity contribution >= 4 is 33.4 Å². The standard InChI is InChI=1S/C15H19BrN2O3/c16-11-5-7-12(8-6-11)18-14(19)9-17-15(20)10-21-13-3-1-2-4-13/h5-8,13H,1-4,9-10H2,(H,17,20)(H,18,19). The highest BCUT2D eigenvalue weighted by molar-refractivity contribution is 9.10. The first-order valence-electron chi connectivity index (χ1n) is 7.07. The third kappa shape index (κ3) is 5.85. The monoisotopic (exact) mass is 354 g/mol. The molecule has 0 bridgehead atoms. The van der Waals surface area contributed by atoms with E-state index in [1.165, 1.54) is 12.8 Å². The van der Waals surface area contributed by atoms with E-state index in [1.807, 2.05) is 12.1 Å². The molecule has 0 aromatic heterocycles. The molecule has 0 atom stereocenters. The first-order chi connectivity index (χ1) is 10.1. The van der Waals surface area contributed by atoms with Gasteiger partial charge in [0.1, 0.15) is 6.61 Å². The molecule has 1 aliphatic carbocycles. The lowest BCUT2D eigenvalue weighted by molar-refractivity contribution is -0.129. The summed E-state index contributed by atoms with van der Waals surface area (Å²) in [6, 6.07) is 7.24. The number of carbonyl (C=O) groups excluding carboxylic acids is 2. The van der Waals surface area contributed by atoms with Gasteiger partial charge in [-0.05, 0) is 37.1 Å². The molecule has 21 heavy (non-hydrogen) atoms. The molecule has 1 aromatic rings. The van der Waals surface area contributed by atoms with Crippen LogP contribution in [0.4, 0.5) is 5.69 Å². The normalized spacial score (nSPS) is 14.9. The minimum atomic E-state index is -0.258. The summed E-state index contributed by atoms with van der Waals surface area (Å²) < 4.78 is 6.42. The van der Waals surface area contributed by atoms with Gasteiger partial charge in [-0.2, -0.15) is 0 Å². The number of hydrogen-bond donors (Lipinski definition) is 2. The van der Waals surface area contributed by atoms with Gasteiger partial charge >= 0.3 is 0 Å². The lowest BCUT2D eigenvalue weighted by Crippen LogP contribution is -2.35. The fourth-order valence-corrected chi connectivity index (χ4v) is 2.48. The fourth-order valence-electron chi connectivity index (χ4n) is 2.22. The zero-order chi connectivity index (χ0) is 15.1. The van der Waals surface area contributed by atoms with E-state index in [1.54, 1.807) is 12.1 Å². The number of halogens is 1. The van der Waals surface area contributed by atoms with Gasteiger partial charge in [0.2, 0.25) is 11.8 Å².